The minimum atomic E-state index is -4.58. The molecule has 1 aromatic rings. The van der Waals surface area contributed by atoms with Crippen molar-refractivity contribution in [3.05, 3.63) is 32.6 Å². The van der Waals surface area contributed by atoms with Crippen LogP contribution < -0.4 is 11.2 Å². The normalized spacial score (nSPS) is 27.6. The van der Waals surface area contributed by atoms with Gasteiger partial charge in [-0.15, -0.1) is 0 Å². The van der Waals surface area contributed by atoms with E-state index in [1.807, 2.05) is 4.98 Å². The lowest BCUT2D eigenvalue weighted by Crippen LogP contribution is -2.39. The molecule has 4 atom stereocenters. The maximum Gasteiger partial charge on any atom is 0.411 e. The molecule has 1 aromatic heterocycles. The van der Waals surface area contributed by atoms with Gasteiger partial charge in [-0.25, -0.2) is 4.79 Å². The fourth-order valence-corrected chi connectivity index (χ4v) is 2.21. The van der Waals surface area contributed by atoms with Crippen LogP contribution in [0.3, 0.4) is 0 Å². The first-order valence-corrected chi connectivity index (χ1v) is 6.75. The molecule has 9 nitrogen and oxygen atoms in total. The van der Waals surface area contributed by atoms with E-state index < -0.39 is 61.8 Å². The Morgan fingerprint density at radius 3 is 2.50 bits per heavy atom. The molecule has 2 heterocycles. The van der Waals surface area contributed by atoms with E-state index in [0.29, 0.717) is 4.57 Å². The maximum atomic E-state index is 12.1. The summed E-state index contributed by atoms with van der Waals surface area (Å²) in [5.74, 6) is 0. The number of aliphatic hydroxyl groups excluding tert-OH is 3. The number of halogens is 3. The number of aliphatic hydroxyl groups is 3. The quantitative estimate of drug-likeness (QED) is 0.490. The smallest absolute Gasteiger partial charge is 0.394 e. The van der Waals surface area contributed by atoms with E-state index in [9.17, 15) is 33.0 Å². The van der Waals surface area contributed by atoms with E-state index in [0.717, 1.165) is 6.20 Å². The second-order valence-corrected chi connectivity index (χ2v) is 5.16. The van der Waals surface area contributed by atoms with Crippen molar-refractivity contribution in [3.8, 4) is 0 Å². The third-order valence-corrected chi connectivity index (χ3v) is 3.36. The first-order valence-electron chi connectivity index (χ1n) is 6.75. The van der Waals surface area contributed by atoms with Crippen molar-refractivity contribution < 1.29 is 38.0 Å². The number of nitrogens with zero attached hydrogens (tertiary/aromatic N) is 1. The highest BCUT2D eigenvalue weighted by molar-refractivity contribution is 5.05. The highest BCUT2D eigenvalue weighted by Crippen LogP contribution is 2.28. The molecular weight excluding hydrogens is 341 g/mol. The molecule has 24 heavy (non-hydrogen) atoms. The van der Waals surface area contributed by atoms with Crippen LogP contribution in [0.2, 0.25) is 0 Å². The van der Waals surface area contributed by atoms with Gasteiger partial charge in [0.05, 0.1) is 18.8 Å². The monoisotopic (exact) mass is 356 g/mol. The molecule has 0 radical (unpaired) electrons. The second-order valence-electron chi connectivity index (χ2n) is 5.16. The standard InChI is InChI=1S/C12H15F3N2O7/c13-12(14,15)4-23-3-5-1-17(11(22)16-9(5)21)10-8(20)7(19)6(2-18)24-10/h1,6-8,10,18-20H,2-4H2,(H,16,21,22)/t6-,7-,8-,10-/m1/s1. The van der Waals surface area contributed by atoms with Crippen molar-refractivity contribution in [1.29, 1.82) is 0 Å². The zero-order chi connectivity index (χ0) is 18.1. The van der Waals surface area contributed by atoms with Gasteiger partial charge >= 0.3 is 11.9 Å². The zero-order valence-corrected chi connectivity index (χ0v) is 12.1. The largest absolute Gasteiger partial charge is 0.411 e. The predicted molar refractivity (Wildman–Crippen MR) is 70.0 cm³/mol. The molecule has 4 N–H and O–H groups in total. The third kappa shape index (κ3) is 4.02. The Hall–Kier alpha value is -1.73. The number of H-pyrrole nitrogens is 1. The molecule has 1 saturated heterocycles. The van der Waals surface area contributed by atoms with Crippen LogP contribution >= 0.6 is 0 Å². The summed E-state index contributed by atoms with van der Waals surface area (Å²) >= 11 is 0. The van der Waals surface area contributed by atoms with Crippen LogP contribution in [0.4, 0.5) is 13.2 Å². The number of aromatic nitrogens is 2. The summed E-state index contributed by atoms with van der Waals surface area (Å²) in [6.45, 7) is -2.95. The van der Waals surface area contributed by atoms with Crippen molar-refractivity contribution in [2.45, 2.75) is 37.3 Å². The Kier molecular flexibility index (Phi) is 5.45. The summed E-state index contributed by atoms with van der Waals surface area (Å²) < 4.78 is 46.4. The minimum absolute atomic E-state index is 0.309. The van der Waals surface area contributed by atoms with Crippen LogP contribution in [0.15, 0.2) is 15.8 Å². The first kappa shape index (κ1) is 18.6. The Morgan fingerprint density at radius 1 is 1.29 bits per heavy atom. The summed E-state index contributed by atoms with van der Waals surface area (Å²) in [6.07, 6.45) is -9.36. The molecule has 0 bridgehead atoms. The van der Waals surface area contributed by atoms with Crippen LogP contribution in [-0.2, 0) is 16.1 Å². The van der Waals surface area contributed by atoms with Gasteiger partial charge in [0.15, 0.2) is 6.23 Å². The fraction of sp³-hybridized carbons (Fsp3) is 0.667. The summed E-state index contributed by atoms with van der Waals surface area (Å²) in [7, 11) is 0. The molecule has 0 aromatic carbocycles. The van der Waals surface area contributed by atoms with Crippen molar-refractivity contribution in [2.24, 2.45) is 0 Å². The van der Waals surface area contributed by atoms with E-state index in [4.69, 9.17) is 9.84 Å². The lowest BCUT2D eigenvalue weighted by molar-refractivity contribution is -0.176. The Balaban J connectivity index is 2.24. The molecule has 1 aliphatic heterocycles. The average molecular weight is 356 g/mol. The number of aromatic amines is 1. The van der Waals surface area contributed by atoms with E-state index in [1.54, 1.807) is 0 Å². The Labute approximate surface area is 131 Å². The van der Waals surface area contributed by atoms with Crippen LogP contribution in [0, 0.1) is 0 Å². The van der Waals surface area contributed by atoms with Crippen LogP contribution in [0.25, 0.3) is 0 Å². The van der Waals surface area contributed by atoms with Crippen molar-refractivity contribution >= 4 is 0 Å². The van der Waals surface area contributed by atoms with Gasteiger partial charge in [0.2, 0.25) is 0 Å². The third-order valence-electron chi connectivity index (χ3n) is 3.36. The van der Waals surface area contributed by atoms with Gasteiger partial charge in [0.1, 0.15) is 24.9 Å². The van der Waals surface area contributed by atoms with Crippen molar-refractivity contribution in [2.75, 3.05) is 13.2 Å². The number of hydrogen-bond donors (Lipinski definition) is 4. The van der Waals surface area contributed by atoms with Crippen LogP contribution in [-0.4, -0.2) is 62.6 Å². The van der Waals surface area contributed by atoms with Crippen molar-refractivity contribution in [1.82, 2.24) is 9.55 Å². The number of alkyl halides is 3. The van der Waals surface area contributed by atoms with Gasteiger partial charge in [0.25, 0.3) is 5.56 Å². The molecule has 136 valence electrons. The van der Waals surface area contributed by atoms with Gasteiger partial charge in [0, 0.05) is 6.20 Å². The van der Waals surface area contributed by atoms with Gasteiger partial charge in [-0.05, 0) is 0 Å². The minimum Gasteiger partial charge on any atom is -0.394 e. The SMILES string of the molecule is O=c1[nH]c(=O)n([C@@H]2O[C@H](CO)[C@@H](O)[C@H]2O)cc1COCC(F)(F)F. The van der Waals surface area contributed by atoms with Crippen LogP contribution in [0.1, 0.15) is 11.8 Å². The molecule has 0 aliphatic carbocycles. The molecular formula is C12H15F3N2O7. The lowest BCUT2D eigenvalue weighted by atomic mass is 10.1. The van der Waals surface area contributed by atoms with E-state index in [2.05, 4.69) is 4.74 Å². The number of hydrogen-bond acceptors (Lipinski definition) is 7. The number of ether oxygens (including phenoxy) is 2. The molecule has 0 unspecified atom stereocenters. The summed E-state index contributed by atoms with van der Waals surface area (Å²) in [5.41, 5.74) is -2.27. The molecule has 0 amide bonds. The Morgan fingerprint density at radius 2 is 1.96 bits per heavy atom. The van der Waals surface area contributed by atoms with Gasteiger partial charge in [-0.2, -0.15) is 13.2 Å². The molecule has 0 spiro atoms. The summed E-state index contributed by atoms with van der Waals surface area (Å²) in [4.78, 5) is 25.3. The lowest BCUT2D eigenvalue weighted by Gasteiger charge is -2.18. The van der Waals surface area contributed by atoms with E-state index >= 15 is 0 Å². The van der Waals surface area contributed by atoms with Gasteiger partial charge in [-0.1, -0.05) is 0 Å². The Bertz CT molecular complexity index is 686. The molecule has 0 saturated carbocycles. The molecule has 2 rings (SSSR count). The summed E-state index contributed by atoms with van der Waals surface area (Å²) in [5, 5.41) is 28.5. The van der Waals surface area contributed by atoms with E-state index in [1.165, 1.54) is 0 Å². The van der Waals surface area contributed by atoms with Gasteiger partial charge < -0.3 is 24.8 Å². The average Bonchev–Trinajstić information content (AvgIpc) is 2.76. The molecule has 1 aliphatic rings. The van der Waals surface area contributed by atoms with E-state index in [-0.39, 0.29) is 5.56 Å². The zero-order valence-electron chi connectivity index (χ0n) is 12.1. The molecule has 12 heteroatoms. The van der Waals surface area contributed by atoms with Crippen molar-refractivity contribution in [3.63, 3.8) is 0 Å². The molecule has 1 fully saturated rings. The first-order chi connectivity index (χ1) is 11.1. The second kappa shape index (κ2) is 7.03. The summed E-state index contributed by atoms with van der Waals surface area (Å²) in [6, 6.07) is 0. The highest BCUT2D eigenvalue weighted by Gasteiger charge is 2.43. The van der Waals surface area contributed by atoms with Crippen LogP contribution in [0.5, 0.6) is 0 Å². The number of rotatable bonds is 5. The predicted octanol–water partition coefficient (Wildman–Crippen LogP) is -1.77. The maximum absolute atomic E-state index is 12.1. The van der Waals surface area contributed by atoms with Gasteiger partial charge in [-0.3, -0.25) is 14.3 Å². The highest BCUT2D eigenvalue weighted by atomic mass is 19.4. The number of nitrogens with one attached hydrogen (secondary N) is 1. The topological polar surface area (TPSA) is 134 Å². The fourth-order valence-electron chi connectivity index (χ4n) is 2.21.